The average Bonchev–Trinajstić information content (AvgIpc) is 3.08. The molecule has 1 atom stereocenters. The van der Waals surface area contributed by atoms with E-state index in [1.165, 1.54) is 10.6 Å². The molecular formula is C18H22N2OS. The fourth-order valence-electron chi connectivity index (χ4n) is 2.79. The molecule has 0 unspecified atom stereocenters. The summed E-state index contributed by atoms with van der Waals surface area (Å²) in [5.41, 5.74) is 0.460. The van der Waals surface area contributed by atoms with E-state index in [4.69, 9.17) is 0 Å². The molecular weight excluding hydrogens is 292 g/mol. The molecule has 3 rings (SSSR count). The maximum atomic E-state index is 9.67. The number of fused-ring (bicyclic) bond motifs is 1. The van der Waals surface area contributed by atoms with Gasteiger partial charge >= 0.3 is 0 Å². The van der Waals surface area contributed by atoms with Gasteiger partial charge in [-0.1, -0.05) is 11.8 Å². The molecule has 116 valence electrons. The van der Waals surface area contributed by atoms with Gasteiger partial charge in [-0.3, -0.25) is 4.90 Å². The highest BCUT2D eigenvalue weighted by Gasteiger charge is 2.23. The third-order valence-corrected chi connectivity index (χ3v) is 4.97. The second-order valence-electron chi connectivity index (χ2n) is 6.35. The van der Waals surface area contributed by atoms with Crippen molar-refractivity contribution in [2.24, 2.45) is 0 Å². The fraction of sp³-hybridized carbons (Fsp3) is 0.444. The average molecular weight is 314 g/mol. The lowest BCUT2D eigenvalue weighted by Gasteiger charge is -2.34. The van der Waals surface area contributed by atoms with Crippen molar-refractivity contribution in [3.8, 4) is 11.8 Å². The third kappa shape index (κ3) is 3.44. The Labute approximate surface area is 136 Å². The highest BCUT2D eigenvalue weighted by atomic mass is 32.1. The standard InChI is InChI=1S/C18H22N2OS/c1-14-17-5-4-10-19(17)11-12-20(14)13-16-7-6-15(22-16)8-9-18(2,3)21/h4-7,10,14,21H,11-13H2,1-3H3/t14-/m0/s1. The molecule has 0 bridgehead atoms. The monoisotopic (exact) mass is 314 g/mol. The van der Waals surface area contributed by atoms with E-state index in [1.54, 1.807) is 25.2 Å². The molecule has 0 amide bonds. The Bertz CT molecular complexity index is 711. The van der Waals surface area contributed by atoms with Crippen LogP contribution in [0.1, 0.15) is 42.3 Å². The number of thiophene rings is 1. The molecule has 3 nitrogen and oxygen atoms in total. The Hall–Kier alpha value is -1.54. The van der Waals surface area contributed by atoms with Crippen molar-refractivity contribution in [3.63, 3.8) is 0 Å². The molecule has 1 N–H and O–H groups in total. The number of aliphatic hydroxyl groups is 1. The highest BCUT2D eigenvalue weighted by molar-refractivity contribution is 7.12. The topological polar surface area (TPSA) is 28.4 Å². The van der Waals surface area contributed by atoms with Crippen molar-refractivity contribution in [1.82, 2.24) is 9.47 Å². The van der Waals surface area contributed by atoms with E-state index in [-0.39, 0.29) is 0 Å². The lowest BCUT2D eigenvalue weighted by atomic mass is 10.1. The molecule has 0 saturated heterocycles. The van der Waals surface area contributed by atoms with Gasteiger partial charge in [0.05, 0.1) is 4.88 Å². The summed E-state index contributed by atoms with van der Waals surface area (Å²) in [6.45, 7) is 8.78. The van der Waals surface area contributed by atoms with Crippen LogP contribution in [0.25, 0.3) is 0 Å². The molecule has 1 aliphatic heterocycles. The normalized spacial score (nSPS) is 18.6. The van der Waals surface area contributed by atoms with E-state index in [0.717, 1.165) is 24.5 Å². The Balaban J connectivity index is 1.70. The smallest absolute Gasteiger partial charge is 0.120 e. The molecule has 2 aromatic rings. The van der Waals surface area contributed by atoms with Crippen molar-refractivity contribution in [2.75, 3.05) is 6.54 Å². The number of hydrogen-bond acceptors (Lipinski definition) is 3. The largest absolute Gasteiger partial charge is 0.378 e. The van der Waals surface area contributed by atoms with Gasteiger partial charge in [-0.05, 0) is 45.0 Å². The minimum Gasteiger partial charge on any atom is -0.378 e. The van der Waals surface area contributed by atoms with Crippen LogP contribution in [-0.4, -0.2) is 26.7 Å². The van der Waals surface area contributed by atoms with Crippen LogP contribution in [0.5, 0.6) is 0 Å². The second kappa shape index (κ2) is 5.92. The minimum absolute atomic E-state index is 0.441. The van der Waals surface area contributed by atoms with Crippen LogP contribution in [-0.2, 0) is 13.1 Å². The Morgan fingerprint density at radius 1 is 1.32 bits per heavy atom. The van der Waals surface area contributed by atoms with Gasteiger partial charge in [-0.25, -0.2) is 0 Å². The van der Waals surface area contributed by atoms with Crippen molar-refractivity contribution in [1.29, 1.82) is 0 Å². The molecule has 4 heteroatoms. The summed E-state index contributed by atoms with van der Waals surface area (Å²) in [4.78, 5) is 4.85. The number of hydrogen-bond donors (Lipinski definition) is 1. The molecule has 0 aliphatic carbocycles. The summed E-state index contributed by atoms with van der Waals surface area (Å²) in [5, 5.41) is 9.67. The molecule has 0 fully saturated rings. The molecule has 2 aromatic heterocycles. The number of nitrogens with zero attached hydrogens (tertiary/aromatic N) is 2. The molecule has 3 heterocycles. The van der Waals surface area contributed by atoms with Crippen LogP contribution in [0, 0.1) is 11.8 Å². The maximum Gasteiger partial charge on any atom is 0.120 e. The van der Waals surface area contributed by atoms with E-state index in [1.807, 2.05) is 0 Å². The molecule has 0 radical (unpaired) electrons. The molecule has 22 heavy (non-hydrogen) atoms. The van der Waals surface area contributed by atoms with Gasteiger partial charge in [-0.15, -0.1) is 11.3 Å². The van der Waals surface area contributed by atoms with E-state index in [2.05, 4.69) is 58.7 Å². The van der Waals surface area contributed by atoms with Gasteiger partial charge in [-0.2, -0.15) is 0 Å². The first-order valence-corrected chi connectivity index (χ1v) is 8.47. The summed E-state index contributed by atoms with van der Waals surface area (Å²) in [7, 11) is 0. The van der Waals surface area contributed by atoms with Crippen molar-refractivity contribution in [2.45, 2.75) is 45.5 Å². The molecule has 0 spiro atoms. The first-order valence-electron chi connectivity index (χ1n) is 7.66. The lowest BCUT2D eigenvalue weighted by Crippen LogP contribution is -2.35. The van der Waals surface area contributed by atoms with Gasteiger partial charge in [0.1, 0.15) is 5.60 Å². The SMILES string of the molecule is C[C@H]1c2cccn2CCN1Cc1ccc(C#CC(C)(C)O)s1. The Morgan fingerprint density at radius 3 is 2.91 bits per heavy atom. The second-order valence-corrected chi connectivity index (χ2v) is 7.52. The van der Waals surface area contributed by atoms with Crippen LogP contribution >= 0.6 is 11.3 Å². The van der Waals surface area contributed by atoms with Crippen LogP contribution in [0.4, 0.5) is 0 Å². The molecule has 0 saturated carbocycles. The van der Waals surface area contributed by atoms with Crippen LogP contribution in [0.3, 0.4) is 0 Å². The van der Waals surface area contributed by atoms with Crippen LogP contribution in [0.2, 0.25) is 0 Å². The summed E-state index contributed by atoms with van der Waals surface area (Å²) in [6, 6.07) is 8.99. The van der Waals surface area contributed by atoms with E-state index in [0.29, 0.717) is 6.04 Å². The van der Waals surface area contributed by atoms with Gasteiger partial charge in [0, 0.05) is 42.4 Å². The van der Waals surface area contributed by atoms with Crippen LogP contribution < -0.4 is 0 Å². The Kier molecular flexibility index (Phi) is 4.14. The summed E-state index contributed by atoms with van der Waals surface area (Å²) in [6.07, 6.45) is 2.17. The van der Waals surface area contributed by atoms with Gasteiger partial charge in [0.25, 0.3) is 0 Å². The number of rotatable bonds is 2. The predicted molar refractivity (Wildman–Crippen MR) is 90.8 cm³/mol. The lowest BCUT2D eigenvalue weighted by molar-refractivity contribution is 0.143. The summed E-state index contributed by atoms with van der Waals surface area (Å²) < 4.78 is 2.34. The van der Waals surface area contributed by atoms with E-state index in [9.17, 15) is 5.11 Å². The quantitative estimate of drug-likeness (QED) is 0.862. The summed E-state index contributed by atoms with van der Waals surface area (Å²) >= 11 is 1.72. The van der Waals surface area contributed by atoms with Crippen molar-refractivity contribution < 1.29 is 5.11 Å². The minimum atomic E-state index is -0.934. The Morgan fingerprint density at radius 2 is 2.14 bits per heavy atom. The van der Waals surface area contributed by atoms with Gasteiger partial charge < -0.3 is 9.67 Å². The molecule has 0 aromatic carbocycles. The fourth-order valence-corrected chi connectivity index (χ4v) is 3.67. The zero-order valence-corrected chi connectivity index (χ0v) is 14.2. The van der Waals surface area contributed by atoms with Crippen LogP contribution in [0.15, 0.2) is 30.5 Å². The van der Waals surface area contributed by atoms with E-state index < -0.39 is 5.60 Å². The van der Waals surface area contributed by atoms with Gasteiger partial charge in [0.2, 0.25) is 0 Å². The molecule has 1 aliphatic rings. The third-order valence-electron chi connectivity index (χ3n) is 3.98. The summed E-state index contributed by atoms with van der Waals surface area (Å²) in [5.74, 6) is 5.93. The zero-order valence-electron chi connectivity index (χ0n) is 13.3. The maximum absolute atomic E-state index is 9.67. The first kappa shape index (κ1) is 15.4. The first-order chi connectivity index (χ1) is 10.4. The van der Waals surface area contributed by atoms with Crippen molar-refractivity contribution in [3.05, 3.63) is 45.9 Å². The van der Waals surface area contributed by atoms with Crippen molar-refractivity contribution >= 4 is 11.3 Å². The van der Waals surface area contributed by atoms with Gasteiger partial charge in [0.15, 0.2) is 0 Å². The predicted octanol–water partition coefficient (Wildman–Crippen LogP) is 3.25. The highest BCUT2D eigenvalue weighted by Crippen LogP contribution is 2.28. The number of aromatic nitrogens is 1. The zero-order chi connectivity index (χ0) is 15.7. The van der Waals surface area contributed by atoms with E-state index >= 15 is 0 Å².